The second-order valence-electron chi connectivity index (χ2n) is 6.06. The average Bonchev–Trinajstić information content (AvgIpc) is 3.30. The van der Waals surface area contributed by atoms with Crippen LogP contribution in [0.2, 0.25) is 0 Å². The molecule has 3 aromatic rings. The smallest absolute Gasteiger partial charge is 0.276 e. The first-order valence-electron chi connectivity index (χ1n) is 8.10. The average molecular weight is 435 g/mol. The molecule has 0 saturated carbocycles. The zero-order valence-electron chi connectivity index (χ0n) is 15.3. The minimum Gasteiger partial charge on any atom is -0.321 e. The molecule has 2 N–H and O–H groups in total. The van der Waals surface area contributed by atoms with E-state index in [0.29, 0.717) is 11.4 Å². The van der Waals surface area contributed by atoms with E-state index in [4.69, 9.17) is 0 Å². The van der Waals surface area contributed by atoms with Crippen molar-refractivity contribution in [3.05, 3.63) is 40.6 Å². The van der Waals surface area contributed by atoms with Crippen molar-refractivity contribution in [3.63, 3.8) is 0 Å². The lowest BCUT2D eigenvalue weighted by atomic mass is 10.2. The number of anilines is 2. The Bertz CT molecular complexity index is 1000. The third-order valence-corrected chi connectivity index (χ3v) is 4.65. The van der Waals surface area contributed by atoms with Gasteiger partial charge in [0.15, 0.2) is 0 Å². The summed E-state index contributed by atoms with van der Waals surface area (Å²) in [5.41, 5.74) is 1.96. The van der Waals surface area contributed by atoms with Crippen LogP contribution >= 0.6 is 15.9 Å². The van der Waals surface area contributed by atoms with Crippen LogP contribution in [-0.4, -0.2) is 41.2 Å². The van der Waals surface area contributed by atoms with Gasteiger partial charge in [-0.1, -0.05) is 0 Å². The molecule has 11 heteroatoms. The molecule has 0 aliphatic rings. The molecule has 142 valence electrons. The van der Waals surface area contributed by atoms with E-state index in [-0.39, 0.29) is 11.6 Å². The van der Waals surface area contributed by atoms with Gasteiger partial charge in [-0.15, -0.1) is 0 Å². The van der Waals surface area contributed by atoms with Gasteiger partial charge in [-0.2, -0.15) is 15.3 Å². The monoisotopic (exact) mass is 434 g/mol. The van der Waals surface area contributed by atoms with Crippen molar-refractivity contribution in [1.82, 2.24) is 29.3 Å². The number of rotatable bonds is 5. The number of aryl methyl sites for hydroxylation is 2. The van der Waals surface area contributed by atoms with E-state index in [9.17, 15) is 9.59 Å². The van der Waals surface area contributed by atoms with Gasteiger partial charge in [0, 0.05) is 20.3 Å². The molecule has 1 unspecified atom stereocenters. The molecule has 3 aromatic heterocycles. The molecule has 0 aliphatic carbocycles. The molecule has 0 aliphatic heterocycles. The highest BCUT2D eigenvalue weighted by atomic mass is 79.9. The van der Waals surface area contributed by atoms with Crippen LogP contribution in [0.5, 0.6) is 0 Å². The zero-order valence-corrected chi connectivity index (χ0v) is 16.9. The fraction of sp³-hybridized carbons (Fsp3) is 0.312. The van der Waals surface area contributed by atoms with Crippen molar-refractivity contribution < 1.29 is 9.59 Å². The first-order valence-corrected chi connectivity index (χ1v) is 8.89. The maximum absolute atomic E-state index is 12.7. The highest BCUT2D eigenvalue weighted by Gasteiger charge is 2.23. The molecular formula is C16H19BrN8O2. The van der Waals surface area contributed by atoms with E-state index in [0.717, 1.165) is 10.2 Å². The van der Waals surface area contributed by atoms with Crippen molar-refractivity contribution in [2.75, 3.05) is 10.6 Å². The van der Waals surface area contributed by atoms with E-state index in [1.165, 1.54) is 15.6 Å². The number of nitrogens with one attached hydrogen (secondary N) is 2. The molecule has 3 rings (SSSR count). The Balaban J connectivity index is 1.78. The van der Waals surface area contributed by atoms with E-state index < -0.39 is 11.9 Å². The van der Waals surface area contributed by atoms with Crippen LogP contribution in [0.1, 0.15) is 29.1 Å². The minimum atomic E-state index is -0.562. The summed E-state index contributed by atoms with van der Waals surface area (Å²) < 4.78 is 5.36. The van der Waals surface area contributed by atoms with Gasteiger partial charge in [0.1, 0.15) is 11.7 Å². The molecule has 1 atom stereocenters. The normalized spacial score (nSPS) is 12.0. The van der Waals surface area contributed by atoms with Crippen molar-refractivity contribution in [2.24, 2.45) is 14.1 Å². The summed E-state index contributed by atoms with van der Waals surface area (Å²) in [5, 5.41) is 17.8. The highest BCUT2D eigenvalue weighted by Crippen LogP contribution is 2.20. The summed E-state index contributed by atoms with van der Waals surface area (Å²) in [5.74, 6) is -0.707. The molecule has 0 aromatic carbocycles. The molecule has 0 fully saturated rings. The number of amides is 2. The number of aromatic nitrogens is 6. The van der Waals surface area contributed by atoms with Crippen LogP contribution in [-0.2, 0) is 18.9 Å². The summed E-state index contributed by atoms with van der Waals surface area (Å²) in [7, 11) is 3.42. The Morgan fingerprint density at radius 3 is 2.30 bits per heavy atom. The molecule has 0 radical (unpaired) electrons. The van der Waals surface area contributed by atoms with Crippen molar-refractivity contribution in [3.8, 4) is 0 Å². The molecule has 3 heterocycles. The molecule has 0 bridgehead atoms. The van der Waals surface area contributed by atoms with E-state index in [1.807, 2.05) is 6.92 Å². The number of hydrogen-bond donors (Lipinski definition) is 2. The van der Waals surface area contributed by atoms with Gasteiger partial charge in [0.25, 0.3) is 5.91 Å². The van der Waals surface area contributed by atoms with Gasteiger partial charge in [0.05, 0.1) is 40.1 Å². The van der Waals surface area contributed by atoms with E-state index >= 15 is 0 Å². The molecule has 2 amide bonds. The van der Waals surface area contributed by atoms with Crippen LogP contribution in [0, 0.1) is 6.92 Å². The molecule has 27 heavy (non-hydrogen) atoms. The van der Waals surface area contributed by atoms with Gasteiger partial charge in [0.2, 0.25) is 5.91 Å². The van der Waals surface area contributed by atoms with Crippen LogP contribution in [0.25, 0.3) is 0 Å². The fourth-order valence-corrected chi connectivity index (χ4v) is 2.79. The van der Waals surface area contributed by atoms with Gasteiger partial charge >= 0.3 is 0 Å². The third kappa shape index (κ3) is 3.77. The standard InChI is InChI=1S/C16H19BrN8O2/c1-9-12(6-18-23(9)3)21-16(27)14-13(7-19-24(14)4)22-15(26)10(2)25-8-11(17)5-20-25/h5-8,10H,1-4H3,(H,21,27)(H,22,26). The number of carbonyl (C=O) groups excluding carboxylic acids is 2. The Morgan fingerprint density at radius 2 is 1.70 bits per heavy atom. The van der Waals surface area contributed by atoms with Crippen molar-refractivity contribution >= 4 is 39.1 Å². The second-order valence-corrected chi connectivity index (χ2v) is 6.97. The highest BCUT2D eigenvalue weighted by molar-refractivity contribution is 9.10. The van der Waals surface area contributed by atoms with Crippen LogP contribution < -0.4 is 10.6 Å². The summed E-state index contributed by atoms with van der Waals surface area (Å²) in [6, 6.07) is -0.562. The lowest BCUT2D eigenvalue weighted by Gasteiger charge is -2.13. The Kier molecular flexibility index (Phi) is 5.13. The summed E-state index contributed by atoms with van der Waals surface area (Å²) in [6.45, 7) is 3.56. The van der Waals surface area contributed by atoms with Crippen molar-refractivity contribution in [2.45, 2.75) is 19.9 Å². The molecular weight excluding hydrogens is 416 g/mol. The summed E-state index contributed by atoms with van der Waals surface area (Å²) >= 11 is 3.30. The SMILES string of the molecule is Cc1c(NC(=O)c2c(NC(=O)C(C)n3cc(Br)cn3)cnn2C)cnn1C. The first-order chi connectivity index (χ1) is 12.8. The third-order valence-electron chi connectivity index (χ3n) is 4.24. The predicted octanol–water partition coefficient (Wildman–Crippen LogP) is 1.87. The molecule has 0 saturated heterocycles. The van der Waals surface area contributed by atoms with E-state index in [1.54, 1.807) is 44.3 Å². The van der Waals surface area contributed by atoms with E-state index in [2.05, 4.69) is 41.9 Å². The van der Waals surface area contributed by atoms with Crippen molar-refractivity contribution in [1.29, 1.82) is 0 Å². The number of carbonyl (C=O) groups is 2. The van der Waals surface area contributed by atoms with Crippen LogP contribution in [0.4, 0.5) is 11.4 Å². The van der Waals surface area contributed by atoms with Crippen LogP contribution in [0.15, 0.2) is 29.3 Å². The quantitative estimate of drug-likeness (QED) is 0.636. The Morgan fingerprint density at radius 1 is 1.04 bits per heavy atom. The Labute approximate surface area is 163 Å². The zero-order chi connectivity index (χ0) is 19.7. The first kappa shape index (κ1) is 18.8. The summed E-state index contributed by atoms with van der Waals surface area (Å²) in [4.78, 5) is 25.3. The summed E-state index contributed by atoms with van der Waals surface area (Å²) in [6.07, 6.45) is 6.31. The maximum atomic E-state index is 12.7. The lowest BCUT2D eigenvalue weighted by molar-refractivity contribution is -0.119. The van der Waals surface area contributed by atoms with Crippen LogP contribution in [0.3, 0.4) is 0 Å². The molecule has 10 nitrogen and oxygen atoms in total. The second kappa shape index (κ2) is 7.35. The predicted molar refractivity (Wildman–Crippen MR) is 102 cm³/mol. The van der Waals surface area contributed by atoms with Gasteiger partial charge in [-0.25, -0.2) is 0 Å². The van der Waals surface area contributed by atoms with Gasteiger partial charge in [-0.05, 0) is 29.8 Å². The maximum Gasteiger partial charge on any atom is 0.276 e. The number of halogens is 1. The minimum absolute atomic E-state index is 0.237. The number of nitrogens with zero attached hydrogens (tertiary/aromatic N) is 6. The fourth-order valence-electron chi connectivity index (χ4n) is 2.49. The van der Waals surface area contributed by atoms with Gasteiger partial charge < -0.3 is 10.6 Å². The van der Waals surface area contributed by atoms with Gasteiger partial charge in [-0.3, -0.25) is 23.6 Å². The molecule has 0 spiro atoms. The number of hydrogen-bond acceptors (Lipinski definition) is 5. The Hall–Kier alpha value is -2.95. The topological polar surface area (TPSA) is 112 Å². The lowest BCUT2D eigenvalue weighted by Crippen LogP contribution is -2.26. The largest absolute Gasteiger partial charge is 0.321 e.